The number of hydrogen-bond donors (Lipinski definition) is 2. The first-order valence-corrected chi connectivity index (χ1v) is 10.4. The molecule has 2 saturated heterocycles. The first kappa shape index (κ1) is 28.2. The molecule has 188 valence electrons. The molecular weight excluding hydrogens is 460 g/mol. The smallest absolute Gasteiger partial charge is 0.333 e. The Morgan fingerprint density at radius 2 is 1.32 bits per heavy atom. The van der Waals surface area contributed by atoms with E-state index >= 15 is 0 Å². The van der Waals surface area contributed by atoms with Gasteiger partial charge in [0.1, 0.15) is 0 Å². The molecule has 2 heterocycles. The van der Waals surface area contributed by atoms with E-state index in [0.29, 0.717) is 5.06 Å². The van der Waals surface area contributed by atoms with Crippen molar-refractivity contribution in [3.05, 3.63) is 0 Å². The number of aliphatic carboxylic acids is 2. The summed E-state index contributed by atoms with van der Waals surface area (Å²) in [5, 5.41) is 17.8. The van der Waals surface area contributed by atoms with Gasteiger partial charge in [0.15, 0.2) is 0 Å². The predicted octanol–water partition coefficient (Wildman–Crippen LogP) is -0.362. The summed E-state index contributed by atoms with van der Waals surface area (Å²) in [6.07, 6.45) is 0.229. The number of hydrogen-bond acceptors (Lipinski definition) is 10. The van der Waals surface area contributed by atoms with Crippen molar-refractivity contribution in [3.8, 4) is 0 Å². The topological polar surface area (TPSA) is 202 Å². The molecule has 2 aliphatic heterocycles. The highest BCUT2D eigenvalue weighted by Crippen LogP contribution is 2.17. The first-order valence-electron chi connectivity index (χ1n) is 10.4. The third-order valence-corrected chi connectivity index (χ3v) is 4.80. The Kier molecular flexibility index (Phi) is 11.3. The largest absolute Gasteiger partial charge is 0.481 e. The minimum absolute atomic E-state index is 0.0494. The first-order chi connectivity index (χ1) is 16.0. The third kappa shape index (κ3) is 9.34. The van der Waals surface area contributed by atoms with E-state index in [4.69, 9.17) is 10.2 Å². The van der Waals surface area contributed by atoms with Crippen LogP contribution in [0.5, 0.6) is 0 Å². The van der Waals surface area contributed by atoms with Gasteiger partial charge in [-0.15, -0.1) is 5.06 Å². The number of carbonyl (C=O) groups excluding carboxylic acids is 6. The zero-order valence-corrected chi connectivity index (χ0v) is 18.5. The van der Waals surface area contributed by atoms with E-state index in [9.17, 15) is 38.4 Å². The van der Waals surface area contributed by atoms with Gasteiger partial charge >= 0.3 is 23.9 Å². The Hall–Kier alpha value is -3.84. The van der Waals surface area contributed by atoms with Crippen LogP contribution in [0.3, 0.4) is 0 Å². The van der Waals surface area contributed by atoms with E-state index in [-0.39, 0.29) is 64.3 Å². The number of nitrogens with zero attached hydrogens (tertiary/aromatic N) is 2. The summed E-state index contributed by atoms with van der Waals surface area (Å²) in [4.78, 5) is 93.5. The van der Waals surface area contributed by atoms with Crippen molar-refractivity contribution in [2.75, 3.05) is 13.7 Å². The Labute approximate surface area is 193 Å². The SMILES string of the molecule is COC(=O)CCCC(=O)ON1C(=O)CCC1=O.O=C(O)CCC(CN1C(=O)CCC1=O)C(=O)O. The molecule has 0 saturated carbocycles. The van der Waals surface area contributed by atoms with Gasteiger partial charge in [-0.2, -0.15) is 0 Å². The summed E-state index contributed by atoms with van der Waals surface area (Å²) < 4.78 is 4.39. The average molecular weight is 486 g/mol. The quantitative estimate of drug-likeness (QED) is 0.284. The van der Waals surface area contributed by atoms with Gasteiger partial charge in [-0.1, -0.05) is 0 Å². The Morgan fingerprint density at radius 1 is 0.824 bits per heavy atom. The van der Waals surface area contributed by atoms with Gasteiger partial charge in [0.25, 0.3) is 11.8 Å². The van der Waals surface area contributed by atoms with E-state index in [0.717, 1.165) is 4.90 Å². The highest BCUT2D eigenvalue weighted by Gasteiger charge is 2.33. The summed E-state index contributed by atoms with van der Waals surface area (Å²) in [5.74, 6) is -6.27. The maximum atomic E-state index is 11.3. The minimum Gasteiger partial charge on any atom is -0.481 e. The van der Waals surface area contributed by atoms with Gasteiger partial charge in [0.2, 0.25) is 11.8 Å². The fourth-order valence-corrected chi connectivity index (χ4v) is 2.92. The number of imide groups is 2. The fraction of sp³-hybridized carbons (Fsp3) is 0.600. The van der Waals surface area contributed by atoms with Crippen LogP contribution in [-0.4, -0.2) is 81.3 Å². The van der Waals surface area contributed by atoms with Crippen molar-refractivity contribution in [2.45, 2.75) is 57.8 Å². The molecule has 2 rings (SSSR count). The van der Waals surface area contributed by atoms with Crippen molar-refractivity contribution < 1.29 is 58.1 Å². The molecule has 0 aromatic carbocycles. The second-order valence-corrected chi connectivity index (χ2v) is 7.34. The molecule has 4 amide bonds. The van der Waals surface area contributed by atoms with E-state index in [1.165, 1.54) is 7.11 Å². The lowest BCUT2D eigenvalue weighted by Crippen LogP contribution is -2.37. The van der Waals surface area contributed by atoms with Crippen LogP contribution in [0.25, 0.3) is 0 Å². The number of carboxylic acids is 2. The number of carbonyl (C=O) groups is 8. The minimum atomic E-state index is -1.20. The summed E-state index contributed by atoms with van der Waals surface area (Å²) in [6, 6.07) is 0. The molecule has 2 aliphatic rings. The Balaban J connectivity index is 0.000000340. The molecule has 0 bridgehead atoms. The third-order valence-electron chi connectivity index (χ3n) is 4.80. The normalized spacial score (nSPS) is 16.1. The van der Waals surface area contributed by atoms with E-state index in [1.807, 2.05) is 0 Å². The van der Waals surface area contributed by atoms with Crippen LogP contribution in [0.4, 0.5) is 0 Å². The molecule has 14 heteroatoms. The van der Waals surface area contributed by atoms with E-state index in [2.05, 4.69) is 9.57 Å². The number of hydroxylamine groups is 2. The summed E-state index contributed by atoms with van der Waals surface area (Å²) in [5.41, 5.74) is 0. The predicted molar refractivity (Wildman–Crippen MR) is 107 cm³/mol. The zero-order chi connectivity index (χ0) is 25.8. The maximum Gasteiger partial charge on any atom is 0.333 e. The molecule has 0 aromatic rings. The van der Waals surface area contributed by atoms with Gasteiger partial charge in [-0.25, -0.2) is 4.79 Å². The van der Waals surface area contributed by atoms with Gasteiger partial charge < -0.3 is 19.8 Å². The van der Waals surface area contributed by atoms with Crippen molar-refractivity contribution >= 4 is 47.5 Å². The summed E-state index contributed by atoms with van der Waals surface area (Å²) in [6.45, 7) is -0.236. The van der Waals surface area contributed by atoms with Gasteiger partial charge in [0.05, 0.1) is 13.0 Å². The van der Waals surface area contributed by atoms with Gasteiger partial charge in [0, 0.05) is 51.5 Å². The fourth-order valence-electron chi connectivity index (χ4n) is 2.92. The summed E-state index contributed by atoms with van der Waals surface area (Å²) >= 11 is 0. The van der Waals surface area contributed by atoms with Gasteiger partial charge in [-0.05, 0) is 12.8 Å². The molecule has 34 heavy (non-hydrogen) atoms. The van der Waals surface area contributed by atoms with Crippen molar-refractivity contribution in [1.82, 2.24) is 9.96 Å². The van der Waals surface area contributed by atoms with E-state index in [1.54, 1.807) is 0 Å². The number of methoxy groups -OCH3 is 1. The van der Waals surface area contributed by atoms with Gasteiger partial charge in [-0.3, -0.25) is 38.5 Å². The van der Waals surface area contributed by atoms with Crippen LogP contribution in [-0.2, 0) is 47.9 Å². The number of carboxylic acid groups (broad SMARTS) is 2. The number of amides is 4. The zero-order valence-electron chi connectivity index (χ0n) is 18.5. The molecule has 1 unspecified atom stereocenters. The molecule has 0 radical (unpaired) electrons. The van der Waals surface area contributed by atoms with Crippen LogP contribution in [0.1, 0.15) is 57.8 Å². The molecule has 0 aromatic heterocycles. The number of ether oxygens (including phenoxy) is 1. The van der Waals surface area contributed by atoms with Crippen LogP contribution < -0.4 is 0 Å². The number of rotatable bonds is 11. The molecule has 0 spiro atoms. The summed E-state index contributed by atoms with van der Waals surface area (Å²) in [7, 11) is 1.25. The van der Waals surface area contributed by atoms with Crippen LogP contribution in [0, 0.1) is 5.92 Å². The molecule has 1 atom stereocenters. The lowest BCUT2D eigenvalue weighted by atomic mass is 10.0. The molecule has 0 aliphatic carbocycles. The van der Waals surface area contributed by atoms with Crippen LogP contribution in [0.15, 0.2) is 0 Å². The molecule has 2 N–H and O–H groups in total. The van der Waals surface area contributed by atoms with Crippen molar-refractivity contribution in [1.29, 1.82) is 0 Å². The lowest BCUT2D eigenvalue weighted by molar-refractivity contribution is -0.197. The second kappa shape index (κ2) is 13.6. The molecular formula is C20H26N2O12. The van der Waals surface area contributed by atoms with Crippen LogP contribution >= 0.6 is 0 Å². The molecule has 14 nitrogen and oxygen atoms in total. The maximum absolute atomic E-state index is 11.3. The standard InChI is InChI=1S/2C10H13NO6/c1-16-9(14)3-2-4-10(15)17-11-7(12)5-6-8(11)13;12-7-2-3-8(13)11(7)5-6(10(16)17)1-4-9(14)15/h2-6H2,1H3;6H,1-5H2,(H,14,15)(H,16,17). The highest BCUT2D eigenvalue weighted by molar-refractivity contribution is 6.02. The second-order valence-electron chi connectivity index (χ2n) is 7.34. The van der Waals surface area contributed by atoms with Crippen molar-refractivity contribution in [3.63, 3.8) is 0 Å². The average Bonchev–Trinajstić information content (AvgIpc) is 3.26. The van der Waals surface area contributed by atoms with Crippen LogP contribution in [0.2, 0.25) is 0 Å². The Bertz CT molecular complexity index is 820. The lowest BCUT2D eigenvalue weighted by Gasteiger charge is -2.18. The van der Waals surface area contributed by atoms with Crippen molar-refractivity contribution in [2.24, 2.45) is 5.92 Å². The Morgan fingerprint density at radius 3 is 1.79 bits per heavy atom. The number of esters is 1. The van der Waals surface area contributed by atoms with E-state index < -0.39 is 53.4 Å². The highest BCUT2D eigenvalue weighted by atomic mass is 16.7. The number of likely N-dealkylation sites (tertiary alicyclic amines) is 1. The monoisotopic (exact) mass is 486 g/mol. The molecule has 2 fully saturated rings.